The van der Waals surface area contributed by atoms with Gasteiger partial charge in [-0.1, -0.05) is 45.8 Å². The van der Waals surface area contributed by atoms with Crippen LogP contribution < -0.4 is 5.43 Å². The summed E-state index contributed by atoms with van der Waals surface area (Å²) in [6.45, 7) is 2.07. The van der Waals surface area contributed by atoms with Crippen LogP contribution in [0.3, 0.4) is 0 Å². The molecule has 0 radical (unpaired) electrons. The first-order chi connectivity index (χ1) is 12.2. The molecule has 0 amide bonds. The largest absolute Gasteiger partial charge is 0.264 e. The number of hydrogen-bond acceptors (Lipinski definition) is 4. The molecule has 4 rings (SSSR count). The van der Waals surface area contributed by atoms with Crippen molar-refractivity contribution in [3.8, 4) is 0 Å². The molecule has 25 heavy (non-hydrogen) atoms. The Morgan fingerprint density at radius 2 is 1.80 bits per heavy atom. The highest BCUT2D eigenvalue weighted by atomic mass is 79.9. The number of halogens is 1. The van der Waals surface area contributed by atoms with Crippen molar-refractivity contribution in [2.45, 2.75) is 6.92 Å². The van der Waals surface area contributed by atoms with Crippen LogP contribution >= 0.6 is 15.9 Å². The lowest BCUT2D eigenvalue weighted by Gasteiger charge is -2.07. The van der Waals surface area contributed by atoms with Crippen molar-refractivity contribution in [1.29, 1.82) is 0 Å². The van der Waals surface area contributed by atoms with Crippen LogP contribution in [-0.4, -0.2) is 16.5 Å². The minimum Gasteiger partial charge on any atom is -0.264 e. The highest BCUT2D eigenvalue weighted by molar-refractivity contribution is 9.10. The molecule has 0 atom stereocenters. The summed E-state index contributed by atoms with van der Waals surface area (Å²) in [7, 11) is 0. The van der Waals surface area contributed by atoms with E-state index in [1.165, 1.54) is 5.56 Å². The Kier molecular flexibility index (Phi) is 4.15. The van der Waals surface area contributed by atoms with Gasteiger partial charge in [-0.05, 0) is 37.3 Å². The van der Waals surface area contributed by atoms with Gasteiger partial charge in [0.05, 0.1) is 5.69 Å². The first kappa shape index (κ1) is 15.7. The Morgan fingerprint density at radius 3 is 2.56 bits per heavy atom. The molecule has 3 aromatic rings. The van der Waals surface area contributed by atoms with Crippen molar-refractivity contribution in [3.05, 3.63) is 93.7 Å². The summed E-state index contributed by atoms with van der Waals surface area (Å²) in [5, 5.41) is 4.63. The molecule has 4 nitrogen and oxygen atoms in total. The van der Waals surface area contributed by atoms with Crippen molar-refractivity contribution in [1.82, 2.24) is 10.4 Å². The minimum atomic E-state index is 0.725. The number of nitrogens with one attached hydrogen (secondary N) is 1. The van der Waals surface area contributed by atoms with E-state index in [0.29, 0.717) is 0 Å². The second-order valence-corrected chi connectivity index (χ2v) is 6.72. The van der Waals surface area contributed by atoms with Gasteiger partial charge >= 0.3 is 0 Å². The maximum absolute atomic E-state index is 4.81. The van der Waals surface area contributed by atoms with Gasteiger partial charge in [0.15, 0.2) is 5.84 Å². The highest BCUT2D eigenvalue weighted by Crippen LogP contribution is 2.28. The summed E-state index contributed by atoms with van der Waals surface area (Å²) in [6, 6.07) is 18.1. The van der Waals surface area contributed by atoms with Gasteiger partial charge in [0.25, 0.3) is 0 Å². The average molecular weight is 391 g/mol. The maximum Gasteiger partial charge on any atom is 0.154 e. The van der Waals surface area contributed by atoms with E-state index in [2.05, 4.69) is 50.5 Å². The molecule has 2 aromatic carbocycles. The molecule has 5 heteroatoms. The molecule has 0 unspecified atom stereocenters. The molecule has 0 saturated heterocycles. The first-order valence-corrected chi connectivity index (χ1v) is 8.70. The zero-order valence-electron chi connectivity index (χ0n) is 13.6. The smallest absolute Gasteiger partial charge is 0.154 e. The molecule has 122 valence electrons. The lowest BCUT2D eigenvalue weighted by atomic mass is 10.0. The molecular weight excluding hydrogens is 376 g/mol. The van der Waals surface area contributed by atoms with Gasteiger partial charge in [-0.25, -0.2) is 4.99 Å². The lowest BCUT2D eigenvalue weighted by Crippen LogP contribution is -2.19. The number of pyridine rings is 1. The second kappa shape index (κ2) is 6.61. The van der Waals surface area contributed by atoms with Crippen LogP contribution in [-0.2, 0) is 0 Å². The number of benzene rings is 2. The van der Waals surface area contributed by atoms with Gasteiger partial charge in [0.1, 0.15) is 5.71 Å². The first-order valence-electron chi connectivity index (χ1n) is 7.90. The number of hydrogen-bond donors (Lipinski definition) is 1. The molecule has 0 fully saturated rings. The van der Waals surface area contributed by atoms with Gasteiger partial charge in [0, 0.05) is 33.6 Å². The predicted octanol–water partition coefficient (Wildman–Crippen LogP) is 4.59. The van der Waals surface area contributed by atoms with Gasteiger partial charge in [0.2, 0.25) is 0 Å². The number of aryl methyl sites for hydroxylation is 1. The predicted molar refractivity (Wildman–Crippen MR) is 105 cm³/mol. The SMILES string of the molecule is Cc1ccc(C2=Nc3ccc(Br)cc3C(c3cccnc3)=NN2)cc1. The molecule has 1 aromatic heterocycles. The third-order valence-corrected chi connectivity index (χ3v) is 4.47. The quantitative estimate of drug-likeness (QED) is 0.695. The highest BCUT2D eigenvalue weighted by Gasteiger charge is 2.17. The Hall–Kier alpha value is -2.79. The van der Waals surface area contributed by atoms with Gasteiger partial charge < -0.3 is 0 Å². The van der Waals surface area contributed by atoms with E-state index in [0.717, 1.165) is 38.4 Å². The molecule has 0 saturated carbocycles. The van der Waals surface area contributed by atoms with Crippen LogP contribution in [0.4, 0.5) is 5.69 Å². The number of hydrazone groups is 1. The van der Waals surface area contributed by atoms with Crippen LogP contribution in [0, 0.1) is 6.92 Å². The number of aliphatic imine (C=N–C) groups is 1. The van der Waals surface area contributed by atoms with Crippen LogP contribution in [0.2, 0.25) is 0 Å². The fourth-order valence-electron chi connectivity index (χ4n) is 2.67. The molecule has 1 N–H and O–H groups in total. The second-order valence-electron chi connectivity index (χ2n) is 5.80. The topological polar surface area (TPSA) is 49.6 Å². The van der Waals surface area contributed by atoms with Crippen molar-refractivity contribution in [2.75, 3.05) is 0 Å². The average Bonchev–Trinajstić information content (AvgIpc) is 2.82. The van der Waals surface area contributed by atoms with Gasteiger partial charge in [-0.2, -0.15) is 5.10 Å². The lowest BCUT2D eigenvalue weighted by molar-refractivity contribution is 1.03. The van der Waals surface area contributed by atoms with Crippen LogP contribution in [0.1, 0.15) is 22.3 Å². The van der Waals surface area contributed by atoms with Crippen molar-refractivity contribution in [3.63, 3.8) is 0 Å². The summed E-state index contributed by atoms with van der Waals surface area (Å²) in [4.78, 5) is 9.02. The number of rotatable bonds is 2. The molecule has 1 aliphatic heterocycles. The standard InChI is InChI=1S/C20H15BrN4/c1-13-4-6-14(7-5-13)20-23-18-9-8-16(21)11-17(18)19(24-25-20)15-3-2-10-22-12-15/h2-12H,1H3,(H,23,25). The molecule has 0 aliphatic carbocycles. The van der Waals surface area contributed by atoms with Crippen LogP contribution in [0.25, 0.3) is 0 Å². The third kappa shape index (κ3) is 3.23. The fraction of sp³-hybridized carbons (Fsp3) is 0.0500. The van der Waals surface area contributed by atoms with Crippen molar-refractivity contribution < 1.29 is 0 Å². The molecule has 0 bridgehead atoms. The summed E-state index contributed by atoms with van der Waals surface area (Å²) in [5.74, 6) is 0.725. The minimum absolute atomic E-state index is 0.725. The van der Waals surface area contributed by atoms with Gasteiger partial charge in [-0.3, -0.25) is 10.4 Å². The number of fused-ring (bicyclic) bond motifs is 1. The number of amidine groups is 1. The van der Waals surface area contributed by atoms with Crippen LogP contribution in [0.15, 0.2) is 81.6 Å². The third-order valence-electron chi connectivity index (χ3n) is 3.98. The molecule has 2 heterocycles. The van der Waals surface area contributed by atoms with Crippen molar-refractivity contribution in [2.24, 2.45) is 10.1 Å². The van der Waals surface area contributed by atoms with E-state index in [-0.39, 0.29) is 0 Å². The normalized spacial score (nSPS) is 13.2. The molecular formula is C20H15BrN4. The fourth-order valence-corrected chi connectivity index (χ4v) is 3.03. The number of aromatic nitrogens is 1. The summed E-state index contributed by atoms with van der Waals surface area (Å²) < 4.78 is 0.983. The summed E-state index contributed by atoms with van der Waals surface area (Å²) >= 11 is 3.54. The van der Waals surface area contributed by atoms with E-state index < -0.39 is 0 Å². The van der Waals surface area contributed by atoms with E-state index in [4.69, 9.17) is 4.99 Å². The summed E-state index contributed by atoms with van der Waals surface area (Å²) in [6.07, 6.45) is 3.56. The monoisotopic (exact) mass is 390 g/mol. The zero-order chi connectivity index (χ0) is 17.2. The Morgan fingerprint density at radius 1 is 0.960 bits per heavy atom. The molecule has 0 spiro atoms. The molecule has 1 aliphatic rings. The van der Waals surface area contributed by atoms with E-state index in [1.54, 1.807) is 6.20 Å². The van der Waals surface area contributed by atoms with Gasteiger partial charge in [-0.15, -0.1) is 0 Å². The van der Waals surface area contributed by atoms with E-state index in [1.807, 2.05) is 48.7 Å². The summed E-state index contributed by atoms with van der Waals surface area (Å²) in [5.41, 5.74) is 8.91. The Balaban J connectivity index is 1.87. The van der Waals surface area contributed by atoms with E-state index in [9.17, 15) is 0 Å². The van der Waals surface area contributed by atoms with Crippen molar-refractivity contribution >= 4 is 33.2 Å². The zero-order valence-corrected chi connectivity index (χ0v) is 15.2. The van der Waals surface area contributed by atoms with Crippen LogP contribution in [0.5, 0.6) is 0 Å². The Labute approximate surface area is 154 Å². The number of nitrogens with zero attached hydrogens (tertiary/aromatic N) is 3. The maximum atomic E-state index is 4.81. The Bertz CT molecular complexity index is 976. The van der Waals surface area contributed by atoms with E-state index >= 15 is 0 Å².